The molecule has 0 aliphatic heterocycles. The Morgan fingerprint density at radius 2 is 2.11 bits per heavy atom. The van der Waals surface area contributed by atoms with Crippen molar-refractivity contribution in [2.24, 2.45) is 0 Å². The number of hydrogen-bond acceptors (Lipinski definition) is 5. The zero-order valence-corrected chi connectivity index (χ0v) is 15.6. The number of halogens is 1. The van der Waals surface area contributed by atoms with Gasteiger partial charge < -0.3 is 15.2 Å². The van der Waals surface area contributed by atoms with Gasteiger partial charge in [-0.1, -0.05) is 0 Å². The number of H-pyrrole nitrogens is 1. The number of amides is 2. The minimum absolute atomic E-state index is 0.0432. The lowest BCUT2D eigenvalue weighted by molar-refractivity contribution is -0.115. The lowest BCUT2D eigenvalue weighted by atomic mass is 10.2. The summed E-state index contributed by atoms with van der Waals surface area (Å²) in [6, 6.07) is 3.99. The number of aromatic nitrogens is 4. The van der Waals surface area contributed by atoms with Crippen molar-refractivity contribution in [3.8, 4) is 0 Å². The highest BCUT2D eigenvalue weighted by atomic mass is 19.1. The molecule has 3 rings (SSSR count). The van der Waals surface area contributed by atoms with E-state index < -0.39 is 23.2 Å². The Kier molecular flexibility index (Phi) is 5.21. The first-order valence-electron chi connectivity index (χ1n) is 8.55. The van der Waals surface area contributed by atoms with E-state index in [0.717, 1.165) is 10.7 Å². The van der Waals surface area contributed by atoms with Crippen molar-refractivity contribution in [2.45, 2.75) is 26.3 Å². The highest BCUT2D eigenvalue weighted by Crippen LogP contribution is 2.08. The van der Waals surface area contributed by atoms with Crippen LogP contribution in [0.3, 0.4) is 0 Å². The fourth-order valence-electron chi connectivity index (χ4n) is 2.48. The summed E-state index contributed by atoms with van der Waals surface area (Å²) in [6.45, 7) is 3.68. The molecule has 0 aliphatic rings. The monoisotopic (exact) mass is 386 g/mol. The Labute approximate surface area is 159 Å². The number of nitrogens with one attached hydrogen (secondary N) is 2. The summed E-state index contributed by atoms with van der Waals surface area (Å²) < 4.78 is 13.9. The van der Waals surface area contributed by atoms with E-state index in [1.807, 2.05) is 13.8 Å². The third-order valence-corrected chi connectivity index (χ3v) is 4.21. The first-order valence-corrected chi connectivity index (χ1v) is 8.55. The van der Waals surface area contributed by atoms with Crippen LogP contribution in [0.25, 0.3) is 5.65 Å². The molecule has 0 bridgehead atoms. The van der Waals surface area contributed by atoms with Crippen LogP contribution in [0, 0.1) is 5.82 Å². The molecule has 3 aromatic heterocycles. The molecule has 0 fully saturated rings. The van der Waals surface area contributed by atoms with Gasteiger partial charge in [-0.3, -0.25) is 14.4 Å². The third kappa shape index (κ3) is 3.90. The van der Waals surface area contributed by atoms with Crippen molar-refractivity contribution in [1.82, 2.24) is 24.5 Å². The molecule has 9 nitrogen and oxygen atoms in total. The number of nitrogens with zero attached hydrogens (tertiary/aromatic N) is 4. The molecule has 10 heteroatoms. The maximum Gasteiger partial charge on any atom is 0.287 e. The molecule has 0 saturated carbocycles. The molecular formula is C18H19FN6O3. The molecule has 0 spiro atoms. The lowest BCUT2D eigenvalue weighted by Crippen LogP contribution is -2.37. The fourth-order valence-corrected chi connectivity index (χ4v) is 2.48. The molecule has 0 saturated heterocycles. The Morgan fingerprint density at radius 3 is 2.75 bits per heavy atom. The van der Waals surface area contributed by atoms with Crippen molar-refractivity contribution in [2.75, 3.05) is 12.4 Å². The zero-order valence-electron chi connectivity index (χ0n) is 15.6. The van der Waals surface area contributed by atoms with Crippen LogP contribution in [0.1, 0.15) is 29.9 Å². The summed E-state index contributed by atoms with van der Waals surface area (Å²) in [6.07, 6.45) is 2.21. The normalized spacial score (nSPS) is 11.0. The molecule has 146 valence electrons. The number of fused-ring (bicyclic) bond motifs is 1. The smallest absolute Gasteiger partial charge is 0.287 e. The number of aromatic amines is 1. The average molecular weight is 386 g/mol. The van der Waals surface area contributed by atoms with Gasteiger partial charge in [0.2, 0.25) is 5.91 Å². The summed E-state index contributed by atoms with van der Waals surface area (Å²) in [7, 11) is 1.61. The van der Waals surface area contributed by atoms with Crippen LogP contribution in [-0.4, -0.2) is 49.4 Å². The Balaban J connectivity index is 1.81. The molecule has 3 aromatic rings. The average Bonchev–Trinajstić information content (AvgIpc) is 3.06. The topological polar surface area (TPSA) is 112 Å². The molecule has 0 radical (unpaired) electrons. The largest absolute Gasteiger partial charge is 0.345 e. The second-order valence-corrected chi connectivity index (χ2v) is 6.54. The summed E-state index contributed by atoms with van der Waals surface area (Å²) in [5.41, 5.74) is 0.0719. The number of anilines is 1. The number of pyridine rings is 1. The molecule has 0 atom stereocenters. The zero-order chi connectivity index (χ0) is 20.4. The second-order valence-electron chi connectivity index (χ2n) is 6.54. The number of carbonyl (C=O) groups is 2. The van der Waals surface area contributed by atoms with Crippen molar-refractivity contribution in [3.63, 3.8) is 0 Å². The number of rotatable bonds is 5. The van der Waals surface area contributed by atoms with Gasteiger partial charge in [-0.05, 0) is 26.0 Å². The molecule has 3 heterocycles. The predicted octanol–water partition coefficient (Wildman–Crippen LogP) is 1.22. The predicted molar refractivity (Wildman–Crippen MR) is 99.6 cm³/mol. The van der Waals surface area contributed by atoms with Crippen LogP contribution in [0.15, 0.2) is 35.4 Å². The molecule has 0 aliphatic carbocycles. The van der Waals surface area contributed by atoms with Crippen LogP contribution < -0.4 is 10.9 Å². The maximum absolute atomic E-state index is 12.9. The molecule has 2 N–H and O–H groups in total. The first kappa shape index (κ1) is 19.2. The molecular weight excluding hydrogens is 367 g/mol. The lowest BCUT2D eigenvalue weighted by Gasteiger charge is -2.20. The van der Waals surface area contributed by atoms with Crippen molar-refractivity contribution in [3.05, 3.63) is 58.0 Å². The SMILES string of the molecule is CC(C)N(C)C(=O)c1c[nH]c2cc(CC(=O)Nc3ccc(F)cn3)nn2c1=O. The van der Waals surface area contributed by atoms with Crippen LogP contribution in [0.5, 0.6) is 0 Å². The van der Waals surface area contributed by atoms with E-state index in [1.54, 1.807) is 13.1 Å². The summed E-state index contributed by atoms with van der Waals surface area (Å²) >= 11 is 0. The summed E-state index contributed by atoms with van der Waals surface area (Å²) in [5, 5.41) is 6.63. The highest BCUT2D eigenvalue weighted by Gasteiger charge is 2.20. The fraction of sp³-hybridized carbons (Fsp3) is 0.278. The van der Waals surface area contributed by atoms with Gasteiger partial charge in [-0.2, -0.15) is 9.61 Å². The molecule has 0 aromatic carbocycles. The molecule has 2 amide bonds. The first-order chi connectivity index (χ1) is 13.3. The number of hydrogen-bond donors (Lipinski definition) is 2. The van der Waals surface area contributed by atoms with E-state index in [1.165, 1.54) is 23.2 Å². The van der Waals surface area contributed by atoms with Crippen molar-refractivity contribution in [1.29, 1.82) is 0 Å². The van der Waals surface area contributed by atoms with Gasteiger partial charge in [0.05, 0.1) is 18.3 Å². The van der Waals surface area contributed by atoms with Gasteiger partial charge in [0.1, 0.15) is 22.8 Å². The summed E-state index contributed by atoms with van der Waals surface area (Å²) in [5.74, 6) is -1.15. The maximum atomic E-state index is 12.9. The Bertz CT molecular complexity index is 1090. The van der Waals surface area contributed by atoms with Crippen molar-refractivity contribution < 1.29 is 14.0 Å². The van der Waals surface area contributed by atoms with Crippen LogP contribution in [0.4, 0.5) is 10.2 Å². The van der Waals surface area contributed by atoms with Gasteiger partial charge in [-0.15, -0.1) is 0 Å². The van der Waals surface area contributed by atoms with E-state index in [4.69, 9.17) is 0 Å². The van der Waals surface area contributed by atoms with E-state index in [2.05, 4.69) is 20.4 Å². The van der Waals surface area contributed by atoms with Gasteiger partial charge in [-0.25, -0.2) is 9.37 Å². The molecule has 28 heavy (non-hydrogen) atoms. The van der Waals surface area contributed by atoms with Gasteiger partial charge in [0, 0.05) is 25.4 Å². The van der Waals surface area contributed by atoms with E-state index >= 15 is 0 Å². The van der Waals surface area contributed by atoms with E-state index in [-0.39, 0.29) is 23.8 Å². The minimum atomic E-state index is -0.571. The second kappa shape index (κ2) is 7.59. The van der Waals surface area contributed by atoms with Crippen LogP contribution in [0.2, 0.25) is 0 Å². The Hall–Kier alpha value is -3.56. The van der Waals surface area contributed by atoms with Gasteiger partial charge in [0.25, 0.3) is 11.5 Å². The minimum Gasteiger partial charge on any atom is -0.345 e. The van der Waals surface area contributed by atoms with E-state index in [0.29, 0.717) is 11.3 Å². The van der Waals surface area contributed by atoms with Crippen LogP contribution in [-0.2, 0) is 11.2 Å². The van der Waals surface area contributed by atoms with Crippen molar-refractivity contribution >= 4 is 23.3 Å². The summed E-state index contributed by atoms with van der Waals surface area (Å²) in [4.78, 5) is 45.2. The number of carbonyl (C=O) groups excluding carboxylic acids is 2. The quantitative estimate of drug-likeness (QED) is 0.685. The Morgan fingerprint density at radius 1 is 1.36 bits per heavy atom. The highest BCUT2D eigenvalue weighted by molar-refractivity contribution is 5.94. The molecule has 0 unspecified atom stereocenters. The van der Waals surface area contributed by atoms with E-state index in [9.17, 15) is 18.8 Å². The van der Waals surface area contributed by atoms with Gasteiger partial charge >= 0.3 is 0 Å². The van der Waals surface area contributed by atoms with Gasteiger partial charge in [0.15, 0.2) is 0 Å². The third-order valence-electron chi connectivity index (χ3n) is 4.21. The standard InChI is InChI=1S/C18H19FN6O3/c1-10(2)24(3)17(27)13-9-21-15-6-12(23-25(15)18(13)28)7-16(26)22-14-5-4-11(19)8-20-14/h4-6,8-10,21H,7H2,1-3H3,(H,20,22,26). The van der Waals surface area contributed by atoms with Crippen LogP contribution >= 0.6 is 0 Å².